The number of nitrogens with two attached hydrogens (primary N) is 1. The van der Waals surface area contributed by atoms with E-state index in [1.165, 1.54) is 23.4 Å². The van der Waals surface area contributed by atoms with E-state index in [1.807, 2.05) is 5.51 Å². The number of aromatic nitrogens is 1. The highest BCUT2D eigenvalue weighted by atomic mass is 32.1. The fraction of sp³-hybridized carbons (Fsp3) is 0.571. The number of hydrogen-bond acceptors (Lipinski definition) is 3. The highest BCUT2D eigenvalue weighted by Crippen LogP contribution is 2.41. The summed E-state index contributed by atoms with van der Waals surface area (Å²) in [6, 6.07) is 0. The third kappa shape index (κ3) is 0.954. The Morgan fingerprint density at radius 3 is 3.10 bits per heavy atom. The quantitative estimate of drug-likeness (QED) is 0.700. The maximum absolute atomic E-state index is 5.53. The summed E-state index contributed by atoms with van der Waals surface area (Å²) in [6.07, 6.45) is 2.63. The van der Waals surface area contributed by atoms with Crippen molar-refractivity contribution >= 4 is 11.3 Å². The number of hydrogen-bond donors (Lipinski definition) is 1. The molecule has 2 nitrogen and oxygen atoms in total. The zero-order valence-corrected chi connectivity index (χ0v) is 6.53. The molecular formula is C7H10N2S. The van der Waals surface area contributed by atoms with Crippen molar-refractivity contribution in [1.82, 2.24) is 4.98 Å². The minimum absolute atomic E-state index is 0.663. The van der Waals surface area contributed by atoms with Crippen LogP contribution in [-0.4, -0.2) is 4.98 Å². The van der Waals surface area contributed by atoms with Crippen LogP contribution in [-0.2, 0) is 6.54 Å². The van der Waals surface area contributed by atoms with Crippen molar-refractivity contribution in [3.05, 3.63) is 16.1 Å². The van der Waals surface area contributed by atoms with Crippen LogP contribution in [0, 0.1) is 0 Å². The van der Waals surface area contributed by atoms with Crippen LogP contribution in [0.2, 0.25) is 0 Å². The van der Waals surface area contributed by atoms with Crippen molar-refractivity contribution in [3.8, 4) is 0 Å². The van der Waals surface area contributed by atoms with E-state index in [1.54, 1.807) is 11.3 Å². The minimum Gasteiger partial charge on any atom is -0.326 e. The standard InChI is InChI=1S/C7H10N2S/c8-3-6-7(5-1-2-5)9-4-10-6/h4-5H,1-3,8H2. The molecule has 0 saturated heterocycles. The second-order valence-electron chi connectivity index (χ2n) is 2.64. The van der Waals surface area contributed by atoms with Crippen molar-refractivity contribution in [2.24, 2.45) is 5.73 Å². The summed E-state index contributed by atoms with van der Waals surface area (Å²) < 4.78 is 0. The first-order chi connectivity index (χ1) is 4.92. The van der Waals surface area contributed by atoms with E-state index >= 15 is 0 Å². The summed E-state index contributed by atoms with van der Waals surface area (Å²) in [5.74, 6) is 0.754. The summed E-state index contributed by atoms with van der Waals surface area (Å²) in [6.45, 7) is 0.663. The van der Waals surface area contributed by atoms with Gasteiger partial charge in [-0.25, -0.2) is 4.98 Å². The first-order valence-corrected chi connectivity index (χ1v) is 4.42. The highest BCUT2D eigenvalue weighted by Gasteiger charge is 2.27. The van der Waals surface area contributed by atoms with E-state index in [-0.39, 0.29) is 0 Å². The van der Waals surface area contributed by atoms with Crippen LogP contribution in [0.1, 0.15) is 29.3 Å². The Labute approximate surface area is 64.1 Å². The predicted octanol–water partition coefficient (Wildman–Crippen LogP) is 1.48. The van der Waals surface area contributed by atoms with Gasteiger partial charge in [0.2, 0.25) is 0 Å². The van der Waals surface area contributed by atoms with Gasteiger partial charge in [0.1, 0.15) is 0 Å². The van der Waals surface area contributed by atoms with Gasteiger partial charge in [0.05, 0.1) is 11.2 Å². The highest BCUT2D eigenvalue weighted by molar-refractivity contribution is 7.09. The Morgan fingerprint density at radius 1 is 1.70 bits per heavy atom. The van der Waals surface area contributed by atoms with Crippen LogP contribution in [0.25, 0.3) is 0 Å². The molecule has 54 valence electrons. The van der Waals surface area contributed by atoms with Crippen molar-refractivity contribution in [3.63, 3.8) is 0 Å². The summed E-state index contributed by atoms with van der Waals surface area (Å²) in [5.41, 5.74) is 8.70. The van der Waals surface area contributed by atoms with Crippen LogP contribution < -0.4 is 5.73 Å². The fourth-order valence-corrected chi connectivity index (χ4v) is 1.85. The SMILES string of the molecule is NCc1scnc1C1CC1. The molecule has 2 rings (SSSR count). The largest absolute Gasteiger partial charge is 0.326 e. The Hall–Kier alpha value is -0.410. The van der Waals surface area contributed by atoms with Gasteiger partial charge in [0, 0.05) is 17.3 Å². The molecule has 1 heterocycles. The number of thiazole rings is 1. The molecule has 0 atom stereocenters. The van der Waals surface area contributed by atoms with E-state index < -0.39 is 0 Å². The molecule has 1 aromatic rings. The smallest absolute Gasteiger partial charge is 0.0798 e. The van der Waals surface area contributed by atoms with Crippen LogP contribution in [0.4, 0.5) is 0 Å². The Balaban J connectivity index is 2.28. The lowest BCUT2D eigenvalue weighted by molar-refractivity contribution is 0.978. The zero-order valence-electron chi connectivity index (χ0n) is 5.71. The molecule has 10 heavy (non-hydrogen) atoms. The average Bonchev–Trinajstić information content (AvgIpc) is 2.69. The second kappa shape index (κ2) is 2.32. The van der Waals surface area contributed by atoms with Crippen molar-refractivity contribution in [1.29, 1.82) is 0 Å². The van der Waals surface area contributed by atoms with Gasteiger partial charge in [0.15, 0.2) is 0 Å². The third-order valence-electron chi connectivity index (χ3n) is 1.82. The van der Waals surface area contributed by atoms with Gasteiger partial charge < -0.3 is 5.73 Å². The van der Waals surface area contributed by atoms with Crippen molar-refractivity contribution in [2.45, 2.75) is 25.3 Å². The molecule has 2 N–H and O–H groups in total. The van der Waals surface area contributed by atoms with E-state index in [0.29, 0.717) is 6.54 Å². The lowest BCUT2D eigenvalue weighted by Gasteiger charge is -1.93. The normalized spacial score (nSPS) is 17.7. The molecule has 1 aliphatic carbocycles. The first-order valence-electron chi connectivity index (χ1n) is 3.54. The summed E-state index contributed by atoms with van der Waals surface area (Å²) in [7, 11) is 0. The molecule has 0 bridgehead atoms. The molecule has 3 heteroatoms. The van der Waals surface area contributed by atoms with Crippen molar-refractivity contribution in [2.75, 3.05) is 0 Å². The van der Waals surface area contributed by atoms with Gasteiger partial charge in [-0.15, -0.1) is 11.3 Å². The summed E-state index contributed by atoms with van der Waals surface area (Å²) in [5, 5.41) is 0. The topological polar surface area (TPSA) is 38.9 Å². The van der Waals surface area contributed by atoms with Crippen LogP contribution >= 0.6 is 11.3 Å². The molecule has 1 aromatic heterocycles. The van der Waals surface area contributed by atoms with Crippen molar-refractivity contribution < 1.29 is 0 Å². The maximum Gasteiger partial charge on any atom is 0.0798 e. The second-order valence-corrected chi connectivity index (χ2v) is 3.58. The molecule has 0 aromatic carbocycles. The molecule has 1 saturated carbocycles. The van der Waals surface area contributed by atoms with Gasteiger partial charge in [0.25, 0.3) is 0 Å². The molecule has 0 radical (unpaired) electrons. The molecular weight excluding hydrogens is 144 g/mol. The lowest BCUT2D eigenvalue weighted by atomic mass is 10.2. The average molecular weight is 154 g/mol. The zero-order chi connectivity index (χ0) is 6.97. The van der Waals surface area contributed by atoms with E-state index in [2.05, 4.69) is 4.98 Å². The maximum atomic E-state index is 5.53. The van der Waals surface area contributed by atoms with Gasteiger partial charge in [-0.3, -0.25) is 0 Å². The van der Waals surface area contributed by atoms with Crippen LogP contribution in [0.15, 0.2) is 5.51 Å². The summed E-state index contributed by atoms with van der Waals surface area (Å²) >= 11 is 1.68. The van der Waals surface area contributed by atoms with Gasteiger partial charge in [-0.1, -0.05) is 0 Å². The van der Waals surface area contributed by atoms with E-state index in [0.717, 1.165) is 5.92 Å². The Morgan fingerprint density at radius 2 is 2.50 bits per heavy atom. The number of rotatable bonds is 2. The number of nitrogens with zero attached hydrogens (tertiary/aromatic N) is 1. The monoisotopic (exact) mass is 154 g/mol. The third-order valence-corrected chi connectivity index (χ3v) is 2.69. The molecule has 0 unspecified atom stereocenters. The summed E-state index contributed by atoms with van der Waals surface area (Å²) in [4.78, 5) is 5.57. The van der Waals surface area contributed by atoms with Crippen LogP contribution in [0.5, 0.6) is 0 Å². The first kappa shape index (κ1) is 6.31. The van der Waals surface area contributed by atoms with E-state index in [4.69, 9.17) is 5.73 Å². The predicted molar refractivity (Wildman–Crippen MR) is 42.0 cm³/mol. The fourth-order valence-electron chi connectivity index (χ4n) is 1.12. The lowest BCUT2D eigenvalue weighted by Crippen LogP contribution is -1.96. The molecule has 1 fully saturated rings. The molecule has 0 amide bonds. The molecule has 0 spiro atoms. The molecule has 1 aliphatic rings. The Kier molecular flexibility index (Phi) is 1.47. The van der Waals surface area contributed by atoms with Gasteiger partial charge in [-0.05, 0) is 12.8 Å². The van der Waals surface area contributed by atoms with Gasteiger partial charge >= 0.3 is 0 Å². The van der Waals surface area contributed by atoms with Crippen LogP contribution in [0.3, 0.4) is 0 Å². The van der Waals surface area contributed by atoms with E-state index in [9.17, 15) is 0 Å². The Bertz CT molecular complexity index is 227. The van der Waals surface area contributed by atoms with Gasteiger partial charge in [-0.2, -0.15) is 0 Å². The minimum atomic E-state index is 0.663. The molecule has 0 aliphatic heterocycles.